The molecule has 120 valence electrons. The van der Waals surface area contributed by atoms with E-state index in [1.54, 1.807) is 4.68 Å². The number of nitrogens with zero attached hydrogens (tertiary/aromatic N) is 5. The largest absolute Gasteiger partial charge is 0.383 e. The number of nitrogens with two attached hydrogens (primary N) is 1. The maximum atomic E-state index is 6.39. The molecular formula is C16H12ClIN6. The first-order valence-corrected chi connectivity index (χ1v) is 8.67. The van der Waals surface area contributed by atoms with Gasteiger partial charge in [0.25, 0.3) is 0 Å². The number of hydrogen-bond acceptors (Lipinski definition) is 5. The summed E-state index contributed by atoms with van der Waals surface area (Å²) in [6, 6.07) is 8.10. The number of aryl methyl sites for hydroxylation is 1. The van der Waals surface area contributed by atoms with Gasteiger partial charge in [0.1, 0.15) is 21.0 Å². The lowest BCUT2D eigenvalue weighted by atomic mass is 10.1. The van der Waals surface area contributed by atoms with Gasteiger partial charge in [0, 0.05) is 5.39 Å². The number of anilines is 1. The van der Waals surface area contributed by atoms with Crippen LogP contribution in [0.5, 0.6) is 0 Å². The molecule has 0 aliphatic carbocycles. The average Bonchev–Trinajstić information content (AvgIpc) is 2.84. The first kappa shape index (κ1) is 15.5. The zero-order valence-corrected chi connectivity index (χ0v) is 15.6. The molecule has 0 bridgehead atoms. The third-order valence-electron chi connectivity index (χ3n) is 3.90. The van der Waals surface area contributed by atoms with E-state index < -0.39 is 0 Å². The lowest BCUT2D eigenvalue weighted by Gasteiger charge is -2.08. The van der Waals surface area contributed by atoms with Gasteiger partial charge in [0.2, 0.25) is 0 Å². The fraction of sp³-hybridized carbons (Fsp3) is 0.125. The topological polar surface area (TPSA) is 82.5 Å². The maximum absolute atomic E-state index is 6.39. The normalized spacial score (nSPS) is 11.5. The number of nitrogen functional groups attached to an aromatic ring is 1. The van der Waals surface area contributed by atoms with Gasteiger partial charge in [-0.2, -0.15) is 5.10 Å². The van der Waals surface area contributed by atoms with Gasteiger partial charge in [-0.15, -0.1) is 0 Å². The van der Waals surface area contributed by atoms with Gasteiger partial charge in [-0.3, -0.25) is 0 Å². The van der Waals surface area contributed by atoms with Crippen molar-refractivity contribution in [3.05, 3.63) is 50.7 Å². The first-order valence-electron chi connectivity index (χ1n) is 7.22. The second kappa shape index (κ2) is 5.82. The summed E-state index contributed by atoms with van der Waals surface area (Å²) < 4.78 is 2.54. The van der Waals surface area contributed by atoms with E-state index in [1.807, 2.05) is 31.2 Å². The van der Waals surface area contributed by atoms with Crippen LogP contribution in [0.2, 0.25) is 5.15 Å². The van der Waals surface area contributed by atoms with Crippen LogP contribution >= 0.6 is 34.2 Å². The second-order valence-corrected chi connectivity index (χ2v) is 6.86. The fourth-order valence-corrected chi connectivity index (χ4v) is 3.96. The van der Waals surface area contributed by atoms with Gasteiger partial charge >= 0.3 is 0 Å². The Morgan fingerprint density at radius 2 is 2.08 bits per heavy atom. The van der Waals surface area contributed by atoms with Crippen LogP contribution in [0.25, 0.3) is 21.8 Å². The van der Waals surface area contributed by atoms with Gasteiger partial charge < -0.3 is 5.73 Å². The summed E-state index contributed by atoms with van der Waals surface area (Å²) in [5.74, 6) is 0.427. The molecule has 8 heteroatoms. The molecule has 0 fully saturated rings. The number of fused-ring (bicyclic) bond motifs is 2. The van der Waals surface area contributed by atoms with Gasteiger partial charge in [-0.1, -0.05) is 29.8 Å². The minimum atomic E-state index is 0.427. The van der Waals surface area contributed by atoms with E-state index in [-0.39, 0.29) is 0 Å². The first-order chi connectivity index (χ1) is 11.5. The predicted octanol–water partition coefficient (Wildman–Crippen LogP) is 3.57. The maximum Gasteiger partial charge on any atom is 0.164 e. The van der Waals surface area contributed by atoms with Gasteiger partial charge in [-0.25, -0.2) is 19.6 Å². The quantitative estimate of drug-likeness (QED) is 0.373. The highest BCUT2D eigenvalue weighted by molar-refractivity contribution is 14.1. The molecule has 0 radical (unpaired) electrons. The van der Waals surface area contributed by atoms with Crippen molar-refractivity contribution in [2.75, 3.05) is 5.73 Å². The lowest BCUT2D eigenvalue weighted by molar-refractivity contribution is 0.684. The molecule has 1 aromatic carbocycles. The second-order valence-electron chi connectivity index (χ2n) is 5.48. The summed E-state index contributed by atoms with van der Waals surface area (Å²) in [6.45, 7) is 2.48. The molecule has 0 aliphatic heterocycles. The van der Waals surface area contributed by atoms with E-state index in [0.29, 0.717) is 23.2 Å². The molecule has 3 heterocycles. The number of halogens is 2. The summed E-state index contributed by atoms with van der Waals surface area (Å²) in [7, 11) is 0. The minimum absolute atomic E-state index is 0.427. The van der Waals surface area contributed by atoms with Crippen LogP contribution in [0.1, 0.15) is 11.3 Å². The molecule has 0 saturated heterocycles. The Balaban J connectivity index is 1.85. The number of hydrogen-bond donors (Lipinski definition) is 1. The molecule has 0 amide bonds. The summed E-state index contributed by atoms with van der Waals surface area (Å²) in [6.07, 6.45) is 1.44. The van der Waals surface area contributed by atoms with Crippen LogP contribution in [0.15, 0.2) is 30.6 Å². The van der Waals surface area contributed by atoms with Crippen molar-refractivity contribution in [2.24, 2.45) is 0 Å². The van der Waals surface area contributed by atoms with Crippen LogP contribution in [0, 0.1) is 10.6 Å². The van der Waals surface area contributed by atoms with Gasteiger partial charge in [-0.05, 0) is 46.5 Å². The van der Waals surface area contributed by atoms with E-state index in [9.17, 15) is 0 Å². The number of rotatable bonds is 2. The van der Waals surface area contributed by atoms with Crippen LogP contribution < -0.4 is 5.73 Å². The molecular weight excluding hydrogens is 439 g/mol. The number of aromatic nitrogens is 5. The Labute approximate surface area is 156 Å². The Morgan fingerprint density at radius 3 is 2.92 bits per heavy atom. The molecule has 0 atom stereocenters. The van der Waals surface area contributed by atoms with E-state index >= 15 is 0 Å². The van der Waals surface area contributed by atoms with Crippen LogP contribution in [-0.2, 0) is 6.54 Å². The van der Waals surface area contributed by atoms with E-state index in [2.05, 4.69) is 42.6 Å². The molecule has 4 aromatic rings. The van der Waals surface area contributed by atoms with Crippen molar-refractivity contribution in [3.8, 4) is 0 Å². The third-order valence-corrected chi connectivity index (χ3v) is 4.93. The zero-order chi connectivity index (χ0) is 16.8. The average molecular weight is 451 g/mol. The van der Waals surface area contributed by atoms with Crippen molar-refractivity contribution < 1.29 is 0 Å². The van der Waals surface area contributed by atoms with Crippen molar-refractivity contribution in [1.82, 2.24) is 24.7 Å². The van der Waals surface area contributed by atoms with Gasteiger partial charge in [0.05, 0.1) is 17.6 Å². The molecule has 4 rings (SSSR count). The van der Waals surface area contributed by atoms with E-state index in [4.69, 9.17) is 17.3 Å². The Kier molecular flexibility index (Phi) is 3.76. The molecule has 0 saturated carbocycles. The smallest absolute Gasteiger partial charge is 0.164 e. The van der Waals surface area contributed by atoms with E-state index in [1.165, 1.54) is 6.33 Å². The van der Waals surface area contributed by atoms with Crippen molar-refractivity contribution >= 4 is 61.8 Å². The highest BCUT2D eigenvalue weighted by Gasteiger charge is 2.15. The SMILES string of the molecule is Cc1cccc2cc(Cn3nc(I)c4c(N)ncnc43)nc(Cl)c12. The third kappa shape index (κ3) is 2.48. The Morgan fingerprint density at radius 1 is 1.25 bits per heavy atom. The Bertz CT molecular complexity index is 1090. The van der Waals surface area contributed by atoms with Crippen LogP contribution in [0.3, 0.4) is 0 Å². The Hall–Kier alpha value is -2.00. The summed E-state index contributed by atoms with van der Waals surface area (Å²) in [5.41, 5.74) is 8.55. The number of pyridine rings is 1. The molecule has 3 aromatic heterocycles. The predicted molar refractivity (Wildman–Crippen MR) is 103 cm³/mol. The summed E-state index contributed by atoms with van der Waals surface area (Å²) in [4.78, 5) is 12.9. The van der Waals surface area contributed by atoms with Crippen LogP contribution in [-0.4, -0.2) is 24.7 Å². The highest BCUT2D eigenvalue weighted by Crippen LogP contribution is 2.27. The van der Waals surface area contributed by atoms with Crippen molar-refractivity contribution in [1.29, 1.82) is 0 Å². The molecule has 24 heavy (non-hydrogen) atoms. The molecule has 0 spiro atoms. The van der Waals surface area contributed by atoms with Crippen LogP contribution in [0.4, 0.5) is 5.82 Å². The van der Waals surface area contributed by atoms with Gasteiger partial charge in [0.15, 0.2) is 5.65 Å². The molecule has 2 N–H and O–H groups in total. The number of benzene rings is 1. The molecule has 0 unspecified atom stereocenters. The zero-order valence-electron chi connectivity index (χ0n) is 12.7. The molecule has 0 aliphatic rings. The standard InChI is InChI=1S/C16H12ClIN6/c1-8-3-2-4-9-5-10(22-13(17)11(8)9)6-24-16-12(14(18)23-24)15(19)20-7-21-16/h2-5,7H,6H2,1H3,(H2,19,20,21). The van der Waals surface area contributed by atoms with Crippen molar-refractivity contribution in [3.63, 3.8) is 0 Å². The van der Waals surface area contributed by atoms with Crippen molar-refractivity contribution in [2.45, 2.75) is 13.5 Å². The lowest BCUT2D eigenvalue weighted by Crippen LogP contribution is -2.05. The monoisotopic (exact) mass is 450 g/mol. The summed E-state index contributed by atoms with van der Waals surface area (Å²) in [5, 5.41) is 7.82. The van der Waals surface area contributed by atoms with E-state index in [0.717, 1.165) is 31.1 Å². The molecule has 6 nitrogen and oxygen atoms in total. The summed E-state index contributed by atoms with van der Waals surface area (Å²) >= 11 is 8.53. The fourth-order valence-electron chi connectivity index (χ4n) is 2.82. The minimum Gasteiger partial charge on any atom is -0.383 e. The highest BCUT2D eigenvalue weighted by atomic mass is 127.